The number of hydrogen-bond acceptors (Lipinski definition) is 8. The maximum absolute atomic E-state index is 12.8. The van der Waals surface area contributed by atoms with Gasteiger partial charge >= 0.3 is 11.9 Å². The molecule has 0 saturated carbocycles. The van der Waals surface area contributed by atoms with Gasteiger partial charge in [0.2, 0.25) is 0 Å². The van der Waals surface area contributed by atoms with E-state index < -0.39 is 17.8 Å². The molecule has 1 amide bonds. The topological polar surface area (TPSA) is 100 Å². The zero-order chi connectivity index (χ0) is 22.1. The van der Waals surface area contributed by atoms with Gasteiger partial charge in [0.25, 0.3) is 5.91 Å². The minimum atomic E-state index is -0.624. The Labute approximate surface area is 179 Å². The van der Waals surface area contributed by atoms with Crippen LogP contribution in [0.2, 0.25) is 0 Å². The van der Waals surface area contributed by atoms with Crippen LogP contribution in [0.1, 0.15) is 49.8 Å². The summed E-state index contributed by atoms with van der Waals surface area (Å²) in [4.78, 5) is 37.9. The van der Waals surface area contributed by atoms with Gasteiger partial charge in [-0.25, -0.2) is 9.59 Å². The summed E-state index contributed by atoms with van der Waals surface area (Å²) in [6, 6.07) is 6.67. The first-order valence-electron chi connectivity index (χ1n) is 9.43. The number of benzene rings is 1. The van der Waals surface area contributed by atoms with Gasteiger partial charge in [-0.15, -0.1) is 11.3 Å². The Morgan fingerprint density at radius 3 is 2.47 bits per heavy atom. The number of carbonyl (C=O) groups is 3. The number of esters is 2. The molecule has 1 aromatic carbocycles. The second-order valence-corrected chi connectivity index (χ2v) is 7.05. The minimum Gasteiger partial charge on any atom is -0.494 e. The lowest BCUT2D eigenvalue weighted by atomic mass is 10.1. The predicted molar refractivity (Wildman–Crippen MR) is 113 cm³/mol. The summed E-state index contributed by atoms with van der Waals surface area (Å²) in [5.74, 6) is -1.11. The summed E-state index contributed by atoms with van der Waals surface area (Å²) < 4.78 is 20.5. The van der Waals surface area contributed by atoms with Gasteiger partial charge in [-0.2, -0.15) is 0 Å². The van der Waals surface area contributed by atoms with Gasteiger partial charge in [-0.1, -0.05) is 6.07 Å². The summed E-state index contributed by atoms with van der Waals surface area (Å²) in [6.45, 7) is 6.09. The van der Waals surface area contributed by atoms with Crippen molar-refractivity contribution in [3.05, 3.63) is 45.8 Å². The van der Waals surface area contributed by atoms with Crippen molar-refractivity contribution in [1.29, 1.82) is 0 Å². The maximum atomic E-state index is 12.8. The highest BCUT2D eigenvalue weighted by Gasteiger charge is 2.27. The molecule has 1 aromatic heterocycles. The molecule has 0 saturated heterocycles. The Morgan fingerprint density at radius 1 is 1.03 bits per heavy atom. The highest BCUT2D eigenvalue weighted by Crippen LogP contribution is 2.34. The molecule has 30 heavy (non-hydrogen) atoms. The van der Waals surface area contributed by atoms with E-state index in [4.69, 9.17) is 18.9 Å². The number of carbonyl (C=O) groups excluding carboxylic acids is 3. The highest BCUT2D eigenvalue weighted by atomic mass is 32.1. The molecule has 1 N–H and O–H groups in total. The molecule has 0 fully saturated rings. The van der Waals surface area contributed by atoms with Crippen LogP contribution in [0.15, 0.2) is 24.3 Å². The predicted octanol–water partition coefficient (Wildman–Crippen LogP) is 3.69. The zero-order valence-electron chi connectivity index (χ0n) is 17.4. The minimum absolute atomic E-state index is 0.0767. The van der Waals surface area contributed by atoms with Crippen LogP contribution in [0, 0.1) is 6.92 Å². The Morgan fingerprint density at radius 2 is 1.80 bits per heavy atom. The van der Waals surface area contributed by atoms with Gasteiger partial charge in [0.05, 0.1) is 25.4 Å². The summed E-state index contributed by atoms with van der Waals surface area (Å²) in [6.07, 6.45) is 0. The van der Waals surface area contributed by atoms with Crippen LogP contribution < -0.4 is 10.1 Å². The van der Waals surface area contributed by atoms with Crippen LogP contribution in [-0.2, 0) is 14.2 Å². The molecule has 2 rings (SSSR count). The molecule has 0 aliphatic heterocycles. The van der Waals surface area contributed by atoms with E-state index in [2.05, 4.69) is 5.32 Å². The van der Waals surface area contributed by atoms with E-state index in [0.29, 0.717) is 23.5 Å². The lowest BCUT2D eigenvalue weighted by molar-refractivity contribution is 0.0392. The molecule has 0 aliphatic carbocycles. The van der Waals surface area contributed by atoms with E-state index in [1.165, 1.54) is 7.11 Å². The molecule has 162 valence electrons. The molecule has 0 aliphatic rings. The SMILES string of the molecule is CCOC(=O)c1c(NC(=O)c2cccc(OCC)c2)sc(C(=O)OCCOC)c1C. The molecule has 1 heterocycles. The first-order chi connectivity index (χ1) is 14.4. The number of methoxy groups -OCH3 is 1. The third-order valence-electron chi connectivity index (χ3n) is 3.97. The van der Waals surface area contributed by atoms with E-state index in [1.54, 1.807) is 38.1 Å². The van der Waals surface area contributed by atoms with E-state index in [9.17, 15) is 14.4 Å². The van der Waals surface area contributed by atoms with Gasteiger partial charge in [-0.3, -0.25) is 4.79 Å². The Hall–Kier alpha value is -2.91. The van der Waals surface area contributed by atoms with Crippen LogP contribution in [0.3, 0.4) is 0 Å². The van der Waals surface area contributed by atoms with Gasteiger partial charge < -0.3 is 24.3 Å². The number of nitrogens with one attached hydrogen (secondary N) is 1. The number of ether oxygens (including phenoxy) is 4. The van der Waals surface area contributed by atoms with Crippen LogP contribution in [0.4, 0.5) is 5.00 Å². The van der Waals surface area contributed by atoms with E-state index in [-0.39, 0.29) is 35.3 Å². The monoisotopic (exact) mass is 435 g/mol. The normalized spacial score (nSPS) is 10.4. The van der Waals surface area contributed by atoms with Gasteiger partial charge in [0.15, 0.2) is 0 Å². The first kappa shape index (κ1) is 23.4. The highest BCUT2D eigenvalue weighted by molar-refractivity contribution is 7.18. The van der Waals surface area contributed by atoms with Gasteiger partial charge in [0, 0.05) is 12.7 Å². The number of anilines is 1. The molecule has 0 bridgehead atoms. The second-order valence-electron chi connectivity index (χ2n) is 6.02. The Balaban J connectivity index is 2.33. The molecule has 9 heteroatoms. The van der Waals surface area contributed by atoms with Crippen LogP contribution in [0.25, 0.3) is 0 Å². The third kappa shape index (κ3) is 5.80. The van der Waals surface area contributed by atoms with Crippen molar-refractivity contribution in [2.24, 2.45) is 0 Å². The molecule has 0 unspecified atom stereocenters. The summed E-state index contributed by atoms with van der Waals surface area (Å²) in [5, 5.41) is 2.93. The van der Waals surface area contributed by atoms with Crippen molar-refractivity contribution in [2.75, 3.05) is 38.9 Å². The van der Waals surface area contributed by atoms with Gasteiger partial charge in [-0.05, 0) is 44.5 Å². The fourth-order valence-corrected chi connectivity index (χ4v) is 3.68. The molecule has 8 nitrogen and oxygen atoms in total. The Bertz CT molecular complexity index is 907. The molecular weight excluding hydrogens is 410 g/mol. The summed E-state index contributed by atoms with van der Waals surface area (Å²) in [5.41, 5.74) is 0.875. The molecular formula is C21H25NO7S. The van der Waals surface area contributed by atoms with Crippen molar-refractivity contribution < 1.29 is 33.3 Å². The molecule has 0 spiro atoms. The second kappa shape index (κ2) is 11.3. The van der Waals surface area contributed by atoms with E-state index >= 15 is 0 Å². The molecule has 0 radical (unpaired) electrons. The van der Waals surface area contributed by atoms with E-state index in [0.717, 1.165) is 11.3 Å². The Kier molecular flexibility index (Phi) is 8.82. The van der Waals surface area contributed by atoms with Crippen molar-refractivity contribution in [2.45, 2.75) is 20.8 Å². The van der Waals surface area contributed by atoms with E-state index in [1.807, 2.05) is 6.92 Å². The van der Waals surface area contributed by atoms with Crippen molar-refractivity contribution >= 4 is 34.2 Å². The number of thiophene rings is 1. The number of amides is 1. The maximum Gasteiger partial charge on any atom is 0.348 e. The zero-order valence-corrected chi connectivity index (χ0v) is 18.2. The summed E-state index contributed by atoms with van der Waals surface area (Å²) in [7, 11) is 1.50. The van der Waals surface area contributed by atoms with Crippen molar-refractivity contribution in [3.63, 3.8) is 0 Å². The molecule has 0 atom stereocenters. The quantitative estimate of drug-likeness (QED) is 0.449. The molecule has 2 aromatic rings. The smallest absolute Gasteiger partial charge is 0.348 e. The average molecular weight is 435 g/mol. The fraction of sp³-hybridized carbons (Fsp3) is 0.381. The standard InChI is InChI=1S/C21H25NO7S/c1-5-27-15-9-7-8-14(12-15)18(23)22-19-16(20(24)28-6-2)13(3)17(30-19)21(25)29-11-10-26-4/h7-9,12H,5-6,10-11H2,1-4H3,(H,22,23). The largest absolute Gasteiger partial charge is 0.494 e. The fourth-order valence-electron chi connectivity index (χ4n) is 2.60. The van der Waals surface area contributed by atoms with Crippen LogP contribution in [-0.4, -0.2) is 51.4 Å². The van der Waals surface area contributed by atoms with Crippen LogP contribution >= 0.6 is 11.3 Å². The van der Waals surface area contributed by atoms with Gasteiger partial charge in [0.1, 0.15) is 22.2 Å². The number of hydrogen-bond donors (Lipinski definition) is 1. The van der Waals surface area contributed by atoms with Crippen molar-refractivity contribution in [3.8, 4) is 5.75 Å². The lowest BCUT2D eigenvalue weighted by Crippen LogP contribution is -2.15. The number of rotatable bonds is 10. The van der Waals surface area contributed by atoms with Crippen LogP contribution in [0.5, 0.6) is 5.75 Å². The first-order valence-corrected chi connectivity index (χ1v) is 10.2. The van der Waals surface area contributed by atoms with Crippen molar-refractivity contribution in [1.82, 2.24) is 0 Å². The lowest BCUT2D eigenvalue weighted by Gasteiger charge is -2.08. The summed E-state index contributed by atoms with van der Waals surface area (Å²) >= 11 is 0.965. The third-order valence-corrected chi connectivity index (χ3v) is 5.15. The average Bonchev–Trinajstić information content (AvgIpc) is 3.04.